The Morgan fingerprint density at radius 3 is 2.64 bits per heavy atom. The third-order valence-electron chi connectivity index (χ3n) is 4.95. The quantitative estimate of drug-likeness (QED) is 0.442. The predicted octanol–water partition coefficient (Wildman–Crippen LogP) is 4.37. The van der Waals surface area contributed by atoms with Crippen molar-refractivity contribution in [3.63, 3.8) is 0 Å². The molecule has 3 rings (SSSR count). The molecule has 1 aromatic carbocycles. The second-order valence-corrected chi connectivity index (χ2v) is 7.55. The summed E-state index contributed by atoms with van der Waals surface area (Å²) in [5.74, 6) is 0.678. The van der Waals surface area contributed by atoms with Gasteiger partial charge >= 0.3 is 0 Å². The van der Waals surface area contributed by atoms with Crippen LogP contribution in [0.4, 0.5) is 0 Å². The van der Waals surface area contributed by atoms with Crippen LogP contribution in [0.1, 0.15) is 49.1 Å². The minimum atomic E-state index is -0.0596. The first kappa shape index (κ1) is 28.1. The van der Waals surface area contributed by atoms with Crippen LogP contribution in [0, 0.1) is 11.3 Å². The Morgan fingerprint density at radius 1 is 1.30 bits per heavy atom. The van der Waals surface area contributed by atoms with E-state index in [0.29, 0.717) is 44.8 Å². The van der Waals surface area contributed by atoms with Crippen LogP contribution in [0.2, 0.25) is 5.02 Å². The number of carbonyl (C=O) groups is 2. The van der Waals surface area contributed by atoms with Crippen LogP contribution < -0.4 is 0 Å². The third kappa shape index (κ3) is 9.21. The van der Waals surface area contributed by atoms with Crippen molar-refractivity contribution in [1.29, 1.82) is 5.26 Å². The molecule has 0 saturated heterocycles. The van der Waals surface area contributed by atoms with Crippen LogP contribution in [0.3, 0.4) is 0 Å². The number of fused-ring (bicyclic) bond motifs is 1. The van der Waals surface area contributed by atoms with E-state index in [0.717, 1.165) is 23.6 Å². The summed E-state index contributed by atoms with van der Waals surface area (Å²) < 4.78 is 1.84. The molecule has 1 aliphatic heterocycles. The first-order chi connectivity index (χ1) is 16.0. The number of aromatic nitrogens is 2. The smallest absolute Gasteiger partial charge is 0.246 e. The molecule has 7 nitrogen and oxygen atoms in total. The number of rotatable bonds is 7. The number of hydrogen-bond donors (Lipinski definition) is 0. The number of nitrogens with zero attached hydrogens (tertiary/aromatic N) is 5. The van der Waals surface area contributed by atoms with Crippen molar-refractivity contribution in [3.05, 3.63) is 64.7 Å². The Bertz CT molecular complexity index is 949. The van der Waals surface area contributed by atoms with Gasteiger partial charge in [-0.25, -0.2) is 4.98 Å². The Kier molecular flexibility index (Phi) is 13.4. The lowest BCUT2D eigenvalue weighted by Crippen LogP contribution is -2.38. The molecule has 0 radical (unpaired) electrons. The van der Waals surface area contributed by atoms with Crippen molar-refractivity contribution >= 4 is 23.8 Å². The highest BCUT2D eigenvalue weighted by Gasteiger charge is 2.21. The van der Waals surface area contributed by atoms with E-state index < -0.39 is 0 Å². The zero-order valence-corrected chi connectivity index (χ0v) is 20.8. The molecule has 178 valence electrons. The molecule has 33 heavy (non-hydrogen) atoms. The fraction of sp³-hybridized carbons (Fsp3) is 0.440. The van der Waals surface area contributed by atoms with Gasteiger partial charge in [0.2, 0.25) is 5.91 Å². The van der Waals surface area contributed by atoms with Crippen LogP contribution >= 0.6 is 11.6 Å². The lowest BCUT2D eigenvalue weighted by Gasteiger charge is -2.27. The van der Waals surface area contributed by atoms with Gasteiger partial charge in [0.15, 0.2) is 6.29 Å². The number of likely N-dealkylation sites (N-methyl/N-ethyl adjacent to an activating group) is 1. The monoisotopic (exact) mass is 471 g/mol. The summed E-state index contributed by atoms with van der Waals surface area (Å²) in [5.41, 5.74) is 1.77. The van der Waals surface area contributed by atoms with Gasteiger partial charge in [-0.15, -0.1) is 0 Å². The summed E-state index contributed by atoms with van der Waals surface area (Å²) in [6.07, 6.45) is 7.17. The van der Waals surface area contributed by atoms with Crippen molar-refractivity contribution in [2.75, 3.05) is 26.7 Å². The number of aldehydes is 1. The van der Waals surface area contributed by atoms with E-state index in [1.807, 2.05) is 54.6 Å². The van der Waals surface area contributed by atoms with E-state index in [2.05, 4.69) is 18.0 Å². The van der Waals surface area contributed by atoms with Gasteiger partial charge in [-0.2, -0.15) is 5.26 Å². The molecule has 8 heteroatoms. The molecule has 1 aromatic heterocycles. The van der Waals surface area contributed by atoms with Crippen molar-refractivity contribution in [1.82, 2.24) is 19.4 Å². The Morgan fingerprint density at radius 2 is 2.03 bits per heavy atom. The van der Waals surface area contributed by atoms with Gasteiger partial charge < -0.3 is 14.4 Å². The molecule has 0 N–H and O–H groups in total. The second-order valence-electron chi connectivity index (χ2n) is 7.15. The van der Waals surface area contributed by atoms with Crippen molar-refractivity contribution < 1.29 is 9.59 Å². The zero-order chi connectivity index (χ0) is 24.6. The predicted molar refractivity (Wildman–Crippen MR) is 132 cm³/mol. The summed E-state index contributed by atoms with van der Waals surface area (Å²) in [4.78, 5) is 30.9. The Hall–Kier alpha value is -2.95. The maximum Gasteiger partial charge on any atom is 0.246 e. The van der Waals surface area contributed by atoms with Gasteiger partial charge in [-0.3, -0.25) is 9.59 Å². The molecule has 0 aliphatic carbocycles. The van der Waals surface area contributed by atoms with Crippen LogP contribution in [-0.2, 0) is 24.3 Å². The Labute approximate surface area is 202 Å². The highest BCUT2D eigenvalue weighted by molar-refractivity contribution is 6.31. The molecular weight excluding hydrogens is 438 g/mol. The molecule has 0 saturated carbocycles. The van der Waals surface area contributed by atoms with E-state index in [1.54, 1.807) is 17.1 Å². The SMILES string of the molecule is CC.CCc1ccccc1Cl.CN(C/C=C/C(=O)N1CCn2c(C=O)cnc2C1)CCC#N. The molecule has 0 fully saturated rings. The molecule has 0 bridgehead atoms. The summed E-state index contributed by atoms with van der Waals surface area (Å²) >= 11 is 5.82. The molecular formula is C25H34ClN5O2. The zero-order valence-electron chi connectivity index (χ0n) is 20.0. The molecule has 2 heterocycles. The topological polar surface area (TPSA) is 82.2 Å². The number of imidazole rings is 1. The van der Waals surface area contributed by atoms with Gasteiger partial charge in [-0.1, -0.05) is 56.6 Å². The number of nitriles is 1. The van der Waals surface area contributed by atoms with E-state index in [1.165, 1.54) is 11.8 Å². The molecule has 0 atom stereocenters. The standard InChI is InChI=1S/C15H19N5O2.C8H9Cl.C2H6/c1-18(7-3-5-16)6-2-4-15(22)19-8-9-20-13(12-21)10-17-14(20)11-19;1-2-7-5-3-4-6-8(7)9;1-2/h2,4,10,12H,3,6-9,11H2,1H3;3-6H,2H2,1H3;1-2H3/b4-2+;;. The summed E-state index contributed by atoms with van der Waals surface area (Å²) in [6.45, 7) is 8.99. The number of halogens is 1. The van der Waals surface area contributed by atoms with Crippen LogP contribution in [-0.4, -0.2) is 58.2 Å². The highest BCUT2D eigenvalue weighted by Crippen LogP contribution is 2.15. The van der Waals surface area contributed by atoms with Gasteiger partial charge in [0.25, 0.3) is 0 Å². The van der Waals surface area contributed by atoms with Crippen molar-refractivity contribution in [3.8, 4) is 6.07 Å². The van der Waals surface area contributed by atoms with E-state index >= 15 is 0 Å². The Balaban J connectivity index is 0.000000412. The molecule has 0 unspecified atom stereocenters. The third-order valence-corrected chi connectivity index (χ3v) is 5.32. The molecule has 1 aliphatic rings. The minimum Gasteiger partial charge on any atom is -0.330 e. The highest BCUT2D eigenvalue weighted by atomic mass is 35.5. The lowest BCUT2D eigenvalue weighted by atomic mass is 10.2. The molecule has 2 aromatic rings. The van der Waals surface area contributed by atoms with E-state index in [4.69, 9.17) is 16.9 Å². The van der Waals surface area contributed by atoms with E-state index in [9.17, 15) is 9.59 Å². The van der Waals surface area contributed by atoms with Gasteiger partial charge in [0.1, 0.15) is 11.5 Å². The van der Waals surface area contributed by atoms with Crippen LogP contribution in [0.25, 0.3) is 0 Å². The fourth-order valence-electron chi connectivity index (χ4n) is 3.12. The van der Waals surface area contributed by atoms with Crippen molar-refractivity contribution in [2.45, 2.75) is 46.7 Å². The number of aryl methyl sites for hydroxylation is 1. The fourth-order valence-corrected chi connectivity index (χ4v) is 3.39. The van der Waals surface area contributed by atoms with Crippen LogP contribution in [0.5, 0.6) is 0 Å². The molecule has 1 amide bonds. The summed E-state index contributed by atoms with van der Waals surface area (Å²) in [5, 5.41) is 9.39. The normalized spacial score (nSPS) is 12.2. The number of carbonyl (C=O) groups excluding carboxylic acids is 2. The lowest BCUT2D eigenvalue weighted by molar-refractivity contribution is -0.127. The van der Waals surface area contributed by atoms with Gasteiger partial charge in [-0.05, 0) is 25.1 Å². The van der Waals surface area contributed by atoms with Gasteiger partial charge in [0, 0.05) is 43.7 Å². The average Bonchev–Trinajstić information content (AvgIpc) is 3.27. The minimum absolute atomic E-state index is 0.0596. The number of hydrogen-bond acceptors (Lipinski definition) is 5. The maximum atomic E-state index is 12.1. The van der Waals surface area contributed by atoms with Crippen molar-refractivity contribution in [2.24, 2.45) is 0 Å². The average molecular weight is 472 g/mol. The number of amides is 1. The largest absolute Gasteiger partial charge is 0.330 e. The first-order valence-corrected chi connectivity index (χ1v) is 11.6. The van der Waals surface area contributed by atoms with Crippen LogP contribution in [0.15, 0.2) is 42.6 Å². The second kappa shape index (κ2) is 15.8. The maximum absolute atomic E-state index is 12.1. The molecule has 0 spiro atoms. The summed E-state index contributed by atoms with van der Waals surface area (Å²) in [6, 6.07) is 10.0. The van der Waals surface area contributed by atoms with Gasteiger partial charge in [0.05, 0.1) is 18.8 Å². The van der Waals surface area contributed by atoms with E-state index in [-0.39, 0.29) is 5.91 Å². The first-order valence-electron chi connectivity index (χ1n) is 11.2. The number of benzene rings is 1. The summed E-state index contributed by atoms with van der Waals surface area (Å²) in [7, 11) is 1.91.